The lowest BCUT2D eigenvalue weighted by atomic mass is 9.87. The Kier molecular flexibility index (Phi) is 11.5. The van der Waals surface area contributed by atoms with Crippen LogP contribution in [0.3, 0.4) is 0 Å². The number of pyridine rings is 1. The normalized spacial score (nSPS) is 16.2. The van der Waals surface area contributed by atoms with Crippen LogP contribution in [0.15, 0.2) is 30.7 Å². The number of piperidine rings is 1. The van der Waals surface area contributed by atoms with Gasteiger partial charge in [-0.3, -0.25) is 13.7 Å². The summed E-state index contributed by atoms with van der Waals surface area (Å²) in [5, 5.41) is 19.9. The first-order valence-electron chi connectivity index (χ1n) is 17.8. The number of aromatic nitrogens is 4. The standard InChI is InChI=1S/C38H55N7O5S/c1-22(2)32-27-17-26(25-13-15-43(16-14-25)19-31(39)46)11-12-30(27)45(33(32)28-18-44-34(40-21-41-44)24(4)23(28)3)51-20-29(35(47)49-37(5,6)7)42-36(48)50-38(8,9)10/h11-12,17-18,21-22,25,29,35,47H,13-16,19-20H2,1-10H3,(H2,39,46)(H,42,48)/t29-,35?/m0/s1. The van der Waals surface area contributed by atoms with Crippen molar-refractivity contribution in [1.29, 1.82) is 0 Å². The second kappa shape index (κ2) is 15.1. The number of aliphatic hydroxyl groups is 1. The molecule has 4 aromatic rings. The van der Waals surface area contributed by atoms with Gasteiger partial charge in [0.05, 0.1) is 29.4 Å². The van der Waals surface area contributed by atoms with Gasteiger partial charge in [-0.15, -0.1) is 0 Å². The highest BCUT2D eigenvalue weighted by Gasteiger charge is 2.31. The second-order valence-corrected chi connectivity index (χ2v) is 17.0. The summed E-state index contributed by atoms with van der Waals surface area (Å²) in [6, 6.07) is 5.96. The van der Waals surface area contributed by atoms with Crippen LogP contribution in [0.25, 0.3) is 27.8 Å². The third-order valence-electron chi connectivity index (χ3n) is 9.29. The number of nitrogens with one attached hydrogen (secondary N) is 1. The van der Waals surface area contributed by atoms with Crippen LogP contribution in [0.1, 0.15) is 102 Å². The van der Waals surface area contributed by atoms with E-state index in [0.29, 0.717) is 12.5 Å². The zero-order valence-corrected chi connectivity index (χ0v) is 32.6. The average molecular weight is 722 g/mol. The molecule has 1 aromatic carbocycles. The van der Waals surface area contributed by atoms with E-state index in [-0.39, 0.29) is 17.6 Å². The molecule has 2 amide bonds. The number of ether oxygens (including phenoxy) is 2. The van der Waals surface area contributed by atoms with Gasteiger partial charge in [0.15, 0.2) is 11.9 Å². The molecule has 0 aliphatic carbocycles. The Hall–Kier alpha value is -3.65. The van der Waals surface area contributed by atoms with Gasteiger partial charge in [0.25, 0.3) is 0 Å². The van der Waals surface area contributed by atoms with Crippen LogP contribution >= 0.6 is 11.9 Å². The van der Waals surface area contributed by atoms with Crippen LogP contribution in [-0.4, -0.2) is 89.5 Å². The van der Waals surface area contributed by atoms with E-state index in [9.17, 15) is 14.7 Å². The zero-order chi connectivity index (χ0) is 37.4. The number of nitrogens with two attached hydrogens (primary N) is 1. The second-order valence-electron chi connectivity index (χ2n) is 16.0. The first-order chi connectivity index (χ1) is 23.8. The van der Waals surface area contributed by atoms with Crippen LogP contribution in [-0.2, 0) is 14.3 Å². The number of likely N-dealkylation sites (tertiary alicyclic amines) is 1. The number of alkyl carbamates (subject to hydrolysis) is 1. The minimum Gasteiger partial charge on any atom is -0.444 e. The fourth-order valence-corrected chi connectivity index (χ4v) is 8.05. The lowest BCUT2D eigenvalue weighted by Gasteiger charge is -2.31. The Labute approximate surface area is 305 Å². The highest BCUT2D eigenvalue weighted by molar-refractivity contribution is 7.98. The maximum absolute atomic E-state index is 13.0. The third kappa shape index (κ3) is 9.05. The van der Waals surface area contributed by atoms with Crippen LogP contribution in [0, 0.1) is 13.8 Å². The van der Waals surface area contributed by atoms with Gasteiger partial charge in [-0.05, 0) is 139 Å². The number of aryl methyl sites for hydroxylation is 1. The predicted molar refractivity (Wildman–Crippen MR) is 203 cm³/mol. The van der Waals surface area contributed by atoms with E-state index in [1.54, 1.807) is 27.1 Å². The Morgan fingerprint density at radius 3 is 2.37 bits per heavy atom. The molecule has 1 unspecified atom stereocenters. The number of amides is 2. The number of hydrogen-bond donors (Lipinski definition) is 3. The molecule has 278 valence electrons. The van der Waals surface area contributed by atoms with Crippen molar-refractivity contribution in [2.24, 2.45) is 5.73 Å². The molecule has 12 nitrogen and oxygen atoms in total. The average Bonchev–Trinajstić information content (AvgIpc) is 3.61. The van der Waals surface area contributed by atoms with Gasteiger partial charge < -0.3 is 25.6 Å². The lowest BCUT2D eigenvalue weighted by Crippen LogP contribution is -2.50. The molecule has 13 heteroatoms. The van der Waals surface area contributed by atoms with E-state index >= 15 is 0 Å². The molecule has 4 N–H and O–H groups in total. The molecule has 0 radical (unpaired) electrons. The Morgan fingerprint density at radius 2 is 1.76 bits per heavy atom. The van der Waals surface area contributed by atoms with Crippen molar-refractivity contribution >= 4 is 40.5 Å². The Bertz CT molecular complexity index is 1880. The smallest absolute Gasteiger partial charge is 0.408 e. The summed E-state index contributed by atoms with van der Waals surface area (Å²) in [5.41, 5.74) is 12.7. The van der Waals surface area contributed by atoms with E-state index in [2.05, 4.69) is 70.2 Å². The van der Waals surface area contributed by atoms with E-state index in [0.717, 1.165) is 64.9 Å². The number of primary amides is 1. The molecule has 0 bridgehead atoms. The molecule has 1 saturated heterocycles. The molecule has 1 aliphatic heterocycles. The van der Waals surface area contributed by atoms with Gasteiger partial charge in [0, 0.05) is 22.9 Å². The monoisotopic (exact) mass is 721 g/mol. The summed E-state index contributed by atoms with van der Waals surface area (Å²) in [4.78, 5) is 31.2. The highest BCUT2D eigenvalue weighted by atomic mass is 32.2. The summed E-state index contributed by atoms with van der Waals surface area (Å²) < 4.78 is 15.6. The molecule has 0 spiro atoms. The topological polar surface area (TPSA) is 149 Å². The van der Waals surface area contributed by atoms with E-state index < -0.39 is 29.6 Å². The van der Waals surface area contributed by atoms with Gasteiger partial charge in [-0.1, -0.05) is 19.9 Å². The SMILES string of the molecule is Cc1c(-c2c(C(C)C)c3cc(C4CCN(CC(N)=O)CC4)ccc3n2SC[C@H](NC(=O)OC(C)(C)C)C(O)OC(C)(C)C)cn2ncnc2c1C. The maximum atomic E-state index is 13.0. The molecule has 4 heterocycles. The number of fused-ring (bicyclic) bond motifs is 2. The number of hydrogen-bond acceptors (Lipinski definition) is 9. The summed E-state index contributed by atoms with van der Waals surface area (Å²) in [6.45, 7) is 21.6. The van der Waals surface area contributed by atoms with E-state index in [1.807, 2.05) is 31.5 Å². The number of benzene rings is 1. The van der Waals surface area contributed by atoms with Gasteiger partial charge in [-0.2, -0.15) is 5.10 Å². The first kappa shape index (κ1) is 38.6. The van der Waals surface area contributed by atoms with Crippen molar-refractivity contribution in [2.75, 3.05) is 25.4 Å². The molecule has 1 fully saturated rings. The zero-order valence-electron chi connectivity index (χ0n) is 31.7. The molecule has 51 heavy (non-hydrogen) atoms. The molecule has 1 aliphatic rings. The molecule has 0 saturated carbocycles. The number of rotatable bonds is 11. The molecule has 2 atom stereocenters. The minimum absolute atomic E-state index is 0.161. The quantitative estimate of drug-likeness (QED) is 0.152. The number of carbonyl (C=O) groups is 2. The fraction of sp³-hybridized carbons (Fsp3) is 0.579. The van der Waals surface area contributed by atoms with Crippen LogP contribution in [0.5, 0.6) is 0 Å². The minimum atomic E-state index is -1.29. The van der Waals surface area contributed by atoms with Gasteiger partial charge in [0.2, 0.25) is 5.91 Å². The van der Waals surface area contributed by atoms with Crippen LogP contribution in [0.4, 0.5) is 4.79 Å². The van der Waals surface area contributed by atoms with Gasteiger partial charge in [-0.25, -0.2) is 14.3 Å². The highest BCUT2D eigenvalue weighted by Crippen LogP contribution is 2.44. The van der Waals surface area contributed by atoms with Gasteiger partial charge in [0.1, 0.15) is 11.9 Å². The van der Waals surface area contributed by atoms with E-state index in [4.69, 9.17) is 15.2 Å². The van der Waals surface area contributed by atoms with Crippen molar-refractivity contribution in [1.82, 2.24) is 28.8 Å². The molecule has 3 aromatic heterocycles. The Balaban J connectivity index is 1.62. The van der Waals surface area contributed by atoms with Gasteiger partial charge >= 0.3 is 6.09 Å². The number of carbonyl (C=O) groups excluding carboxylic acids is 2. The Morgan fingerprint density at radius 1 is 1.08 bits per heavy atom. The van der Waals surface area contributed by atoms with E-state index in [1.165, 1.54) is 23.1 Å². The summed E-state index contributed by atoms with van der Waals surface area (Å²) in [6.07, 6.45) is 3.60. The summed E-state index contributed by atoms with van der Waals surface area (Å²) in [7, 11) is 0. The lowest BCUT2D eigenvalue weighted by molar-refractivity contribution is -0.176. The van der Waals surface area contributed by atoms with Crippen LogP contribution < -0.4 is 11.1 Å². The predicted octanol–water partition coefficient (Wildman–Crippen LogP) is 6.28. The third-order valence-corrected chi connectivity index (χ3v) is 10.4. The summed E-state index contributed by atoms with van der Waals surface area (Å²) >= 11 is 1.51. The molecular weight excluding hydrogens is 667 g/mol. The maximum Gasteiger partial charge on any atom is 0.408 e. The first-order valence-corrected chi connectivity index (χ1v) is 18.7. The van der Waals surface area contributed by atoms with Crippen molar-refractivity contribution in [3.8, 4) is 11.3 Å². The molecule has 5 rings (SSSR count). The van der Waals surface area contributed by atoms with Crippen molar-refractivity contribution in [3.05, 3.63) is 53.0 Å². The number of aliphatic hydroxyl groups excluding tert-OH is 1. The molecular formula is C38H55N7O5S. The van der Waals surface area contributed by atoms with Crippen LogP contribution in [0.2, 0.25) is 0 Å². The largest absolute Gasteiger partial charge is 0.444 e. The number of nitrogens with zero attached hydrogens (tertiary/aromatic N) is 5. The summed E-state index contributed by atoms with van der Waals surface area (Å²) in [5.74, 6) is 0.516. The fourth-order valence-electron chi connectivity index (χ4n) is 6.87. The van der Waals surface area contributed by atoms with Crippen molar-refractivity contribution in [3.63, 3.8) is 0 Å². The van der Waals surface area contributed by atoms with Crippen molar-refractivity contribution < 1.29 is 24.2 Å². The van der Waals surface area contributed by atoms with Crippen molar-refractivity contribution in [2.45, 2.75) is 117 Å².